The quantitative estimate of drug-likeness (QED) is 0.830. The lowest BCUT2D eigenvalue weighted by Crippen LogP contribution is -2.47. The summed E-state index contributed by atoms with van der Waals surface area (Å²) in [5.41, 5.74) is 0.0966. The Balaban J connectivity index is 2.01. The van der Waals surface area contributed by atoms with Crippen molar-refractivity contribution in [1.82, 2.24) is 9.47 Å². The highest BCUT2D eigenvalue weighted by atomic mass is 16.4. The maximum absolute atomic E-state index is 12.1. The normalized spacial score (nSPS) is 23.4. The summed E-state index contributed by atoms with van der Waals surface area (Å²) in [6.07, 6.45) is 1.84. The molecule has 1 fully saturated rings. The van der Waals surface area contributed by atoms with Crippen molar-refractivity contribution in [2.45, 2.75) is 26.0 Å². The molecular weight excluding hydrogens is 248 g/mol. The Morgan fingerprint density at radius 1 is 1.47 bits per heavy atom. The third kappa shape index (κ3) is 2.96. The second kappa shape index (κ2) is 5.44. The van der Waals surface area contributed by atoms with Gasteiger partial charge < -0.3 is 19.7 Å². The Labute approximate surface area is 111 Å². The van der Waals surface area contributed by atoms with Gasteiger partial charge in [-0.15, -0.1) is 0 Å². The Morgan fingerprint density at radius 3 is 2.84 bits per heavy atom. The highest BCUT2D eigenvalue weighted by Gasteiger charge is 2.27. The predicted molar refractivity (Wildman–Crippen MR) is 67.8 cm³/mol. The number of carbonyl (C=O) groups excluding carboxylic acids is 1. The van der Waals surface area contributed by atoms with Crippen LogP contribution in [0.2, 0.25) is 0 Å². The lowest BCUT2D eigenvalue weighted by atomic mass is 9.96. The minimum atomic E-state index is -1.05. The largest absolute Gasteiger partial charge is 0.477 e. The van der Waals surface area contributed by atoms with E-state index in [4.69, 9.17) is 5.11 Å². The molecule has 6 nitrogen and oxygen atoms in total. The fourth-order valence-corrected chi connectivity index (χ4v) is 2.27. The smallest absolute Gasteiger partial charge is 0.352 e. The third-order valence-electron chi connectivity index (χ3n) is 3.63. The van der Waals surface area contributed by atoms with Crippen LogP contribution in [0.15, 0.2) is 18.3 Å². The van der Waals surface area contributed by atoms with E-state index in [9.17, 15) is 14.7 Å². The number of hydrogen-bond donors (Lipinski definition) is 2. The molecule has 2 rings (SSSR count). The Bertz CT molecular complexity index is 483. The fourth-order valence-electron chi connectivity index (χ4n) is 2.27. The van der Waals surface area contributed by atoms with Crippen LogP contribution in [-0.2, 0) is 11.3 Å². The van der Waals surface area contributed by atoms with Gasteiger partial charge in [-0.2, -0.15) is 0 Å². The molecule has 1 aromatic heterocycles. The van der Waals surface area contributed by atoms with Gasteiger partial charge in [0.2, 0.25) is 5.91 Å². The summed E-state index contributed by atoms with van der Waals surface area (Å²) in [5, 5.41) is 18.7. The summed E-state index contributed by atoms with van der Waals surface area (Å²) >= 11 is 0. The first-order valence-corrected chi connectivity index (χ1v) is 6.33. The SMILES string of the molecule is CC1CCN(C(=O)Cn2cccc2C(=O)O)CC1O. The van der Waals surface area contributed by atoms with Crippen molar-refractivity contribution < 1.29 is 19.8 Å². The zero-order chi connectivity index (χ0) is 14.0. The molecule has 2 N–H and O–H groups in total. The van der Waals surface area contributed by atoms with Crippen LogP contribution in [0.5, 0.6) is 0 Å². The molecule has 0 aromatic carbocycles. The number of carboxylic acid groups (broad SMARTS) is 1. The van der Waals surface area contributed by atoms with Gasteiger partial charge in [-0.05, 0) is 24.5 Å². The Hall–Kier alpha value is -1.82. The number of aliphatic hydroxyl groups excluding tert-OH is 1. The topological polar surface area (TPSA) is 82.8 Å². The zero-order valence-corrected chi connectivity index (χ0v) is 10.8. The van der Waals surface area contributed by atoms with Crippen molar-refractivity contribution in [1.29, 1.82) is 0 Å². The molecule has 6 heteroatoms. The van der Waals surface area contributed by atoms with Gasteiger partial charge >= 0.3 is 5.97 Å². The summed E-state index contributed by atoms with van der Waals surface area (Å²) in [4.78, 5) is 24.6. The van der Waals surface area contributed by atoms with E-state index in [1.807, 2.05) is 6.92 Å². The molecule has 1 aromatic rings. The Kier molecular flexibility index (Phi) is 3.90. The van der Waals surface area contributed by atoms with Crippen LogP contribution >= 0.6 is 0 Å². The molecule has 0 spiro atoms. The molecule has 1 saturated heterocycles. The third-order valence-corrected chi connectivity index (χ3v) is 3.63. The first-order valence-electron chi connectivity index (χ1n) is 6.33. The number of carbonyl (C=O) groups is 2. The highest BCUT2D eigenvalue weighted by Crippen LogP contribution is 2.17. The number of rotatable bonds is 3. The number of carboxylic acids is 1. The number of hydrogen-bond acceptors (Lipinski definition) is 3. The summed E-state index contributed by atoms with van der Waals surface area (Å²) < 4.78 is 1.41. The van der Waals surface area contributed by atoms with E-state index in [1.165, 1.54) is 10.6 Å². The fraction of sp³-hybridized carbons (Fsp3) is 0.538. The number of β-amino-alcohol motifs (C(OH)–C–C–N with tert-alkyl or cyclic N) is 1. The molecule has 104 valence electrons. The van der Waals surface area contributed by atoms with Gasteiger partial charge in [0.05, 0.1) is 6.10 Å². The molecule has 2 unspecified atom stereocenters. The van der Waals surface area contributed by atoms with Crippen LogP contribution in [0.3, 0.4) is 0 Å². The summed E-state index contributed by atoms with van der Waals surface area (Å²) in [6, 6.07) is 3.06. The first kappa shape index (κ1) is 13.6. The molecule has 2 atom stereocenters. The number of likely N-dealkylation sites (tertiary alicyclic amines) is 1. The molecular formula is C13H18N2O4. The molecule has 1 aliphatic heterocycles. The van der Waals surface area contributed by atoms with Crippen LogP contribution in [-0.4, -0.2) is 50.8 Å². The first-order chi connectivity index (χ1) is 8.99. The van der Waals surface area contributed by atoms with E-state index in [0.717, 1.165) is 6.42 Å². The standard InChI is InChI=1S/C13H18N2O4/c1-9-4-6-15(7-11(9)16)12(17)8-14-5-2-3-10(14)13(18)19/h2-3,5,9,11,16H,4,6-8H2,1H3,(H,18,19). The highest BCUT2D eigenvalue weighted by molar-refractivity contribution is 5.86. The van der Waals surface area contributed by atoms with Crippen molar-refractivity contribution in [3.05, 3.63) is 24.0 Å². The maximum Gasteiger partial charge on any atom is 0.352 e. The molecule has 0 saturated carbocycles. The van der Waals surface area contributed by atoms with Crippen molar-refractivity contribution >= 4 is 11.9 Å². The van der Waals surface area contributed by atoms with E-state index < -0.39 is 12.1 Å². The maximum atomic E-state index is 12.1. The number of piperidine rings is 1. The van der Waals surface area contributed by atoms with Gasteiger partial charge in [-0.25, -0.2) is 4.79 Å². The summed E-state index contributed by atoms with van der Waals surface area (Å²) in [7, 11) is 0. The molecule has 19 heavy (non-hydrogen) atoms. The van der Waals surface area contributed by atoms with Crippen molar-refractivity contribution in [2.24, 2.45) is 5.92 Å². The van der Waals surface area contributed by atoms with Crippen LogP contribution in [0.4, 0.5) is 0 Å². The molecule has 0 bridgehead atoms. The molecule has 0 radical (unpaired) electrons. The number of aliphatic hydroxyl groups is 1. The molecule has 1 aliphatic rings. The lowest BCUT2D eigenvalue weighted by Gasteiger charge is -2.34. The van der Waals surface area contributed by atoms with Crippen molar-refractivity contribution in [2.75, 3.05) is 13.1 Å². The number of aromatic carboxylic acids is 1. The van der Waals surface area contributed by atoms with E-state index >= 15 is 0 Å². The number of nitrogens with zero attached hydrogens (tertiary/aromatic N) is 2. The minimum absolute atomic E-state index is 0.00423. The molecule has 1 amide bonds. The van der Waals surface area contributed by atoms with Gasteiger partial charge in [-0.3, -0.25) is 4.79 Å². The summed E-state index contributed by atoms with van der Waals surface area (Å²) in [6.45, 7) is 2.89. The van der Waals surface area contributed by atoms with E-state index in [1.54, 1.807) is 17.2 Å². The van der Waals surface area contributed by atoms with Crippen LogP contribution in [0.25, 0.3) is 0 Å². The Morgan fingerprint density at radius 2 is 2.21 bits per heavy atom. The van der Waals surface area contributed by atoms with E-state index in [-0.39, 0.29) is 24.1 Å². The molecule has 2 heterocycles. The average molecular weight is 266 g/mol. The van der Waals surface area contributed by atoms with Gasteiger partial charge in [0.25, 0.3) is 0 Å². The second-order valence-electron chi connectivity index (χ2n) is 5.00. The monoisotopic (exact) mass is 266 g/mol. The van der Waals surface area contributed by atoms with E-state index in [2.05, 4.69) is 0 Å². The van der Waals surface area contributed by atoms with Crippen LogP contribution < -0.4 is 0 Å². The minimum Gasteiger partial charge on any atom is -0.477 e. The van der Waals surface area contributed by atoms with Gasteiger partial charge in [0, 0.05) is 19.3 Å². The predicted octanol–water partition coefficient (Wildman–Crippen LogP) is 0.416. The van der Waals surface area contributed by atoms with Gasteiger partial charge in [-0.1, -0.05) is 6.92 Å². The molecule has 0 aliphatic carbocycles. The second-order valence-corrected chi connectivity index (χ2v) is 5.00. The van der Waals surface area contributed by atoms with E-state index in [0.29, 0.717) is 13.1 Å². The number of aromatic nitrogens is 1. The average Bonchev–Trinajstić information content (AvgIpc) is 2.80. The number of amides is 1. The van der Waals surface area contributed by atoms with Gasteiger partial charge in [0.1, 0.15) is 12.2 Å². The van der Waals surface area contributed by atoms with Crippen LogP contribution in [0.1, 0.15) is 23.8 Å². The van der Waals surface area contributed by atoms with Gasteiger partial charge in [0.15, 0.2) is 0 Å². The lowest BCUT2D eigenvalue weighted by molar-refractivity contribution is -0.136. The van der Waals surface area contributed by atoms with Crippen LogP contribution in [0, 0.1) is 5.92 Å². The zero-order valence-electron chi connectivity index (χ0n) is 10.8. The van der Waals surface area contributed by atoms with Crippen molar-refractivity contribution in [3.8, 4) is 0 Å². The van der Waals surface area contributed by atoms with Crippen molar-refractivity contribution in [3.63, 3.8) is 0 Å². The summed E-state index contributed by atoms with van der Waals surface area (Å²) in [5.74, 6) is -1.01.